The van der Waals surface area contributed by atoms with E-state index in [1.54, 1.807) is 5.43 Å². The molecular formula is C4H7ClN2O2. The van der Waals surface area contributed by atoms with E-state index in [4.69, 9.17) is 11.6 Å². The molecule has 4 nitrogen and oxygen atoms in total. The van der Waals surface area contributed by atoms with E-state index in [1.165, 1.54) is 6.92 Å². The number of carbonyl (C=O) groups excluding carboxylic acids is 2. The highest BCUT2D eigenvalue weighted by molar-refractivity contribution is 6.48. The fourth-order valence-corrected chi connectivity index (χ4v) is 0.351. The van der Waals surface area contributed by atoms with Crippen molar-refractivity contribution in [1.29, 1.82) is 0 Å². The van der Waals surface area contributed by atoms with Gasteiger partial charge in [-0.2, -0.15) is 0 Å². The van der Waals surface area contributed by atoms with Gasteiger partial charge in [-0.15, -0.1) is 11.6 Å². The molecule has 3 N–H and O–H groups in total. The van der Waals surface area contributed by atoms with Gasteiger partial charge < -0.3 is 0 Å². The molecule has 0 aromatic carbocycles. The maximum absolute atomic E-state index is 10.4. The molecule has 0 aliphatic carbocycles. The number of rotatable bonds is 2. The number of nitrogens with two attached hydrogens (primary N) is 1. The van der Waals surface area contributed by atoms with Gasteiger partial charge in [-0.1, -0.05) is 0 Å². The smallest absolute Gasteiger partial charge is 0.288 e. The van der Waals surface area contributed by atoms with E-state index in [0.29, 0.717) is 0 Å². The molecule has 0 aliphatic heterocycles. The monoisotopic (exact) mass is 150 g/mol. The molecule has 0 aliphatic rings. The molecule has 0 bridgehead atoms. The van der Waals surface area contributed by atoms with Gasteiger partial charge in [0.15, 0.2) is 0 Å². The number of amides is 1. The van der Waals surface area contributed by atoms with Crippen molar-refractivity contribution in [3.63, 3.8) is 0 Å². The fraction of sp³-hybridized carbons (Fsp3) is 0.500. The van der Waals surface area contributed by atoms with Gasteiger partial charge in [-0.05, 0) is 6.92 Å². The van der Waals surface area contributed by atoms with Crippen LogP contribution in [0.1, 0.15) is 6.92 Å². The van der Waals surface area contributed by atoms with E-state index in [0.717, 1.165) is 0 Å². The van der Waals surface area contributed by atoms with E-state index in [-0.39, 0.29) is 0 Å². The summed E-state index contributed by atoms with van der Waals surface area (Å²) < 4.78 is 0. The predicted octanol–water partition coefficient (Wildman–Crippen LogP) is -0.827. The SMILES string of the molecule is CC(Cl)C(=O)C(=O)NN. The molecule has 0 heterocycles. The Labute approximate surface area is 57.3 Å². The van der Waals surface area contributed by atoms with E-state index in [2.05, 4.69) is 5.84 Å². The van der Waals surface area contributed by atoms with Crippen molar-refractivity contribution in [2.45, 2.75) is 12.3 Å². The number of alkyl halides is 1. The summed E-state index contributed by atoms with van der Waals surface area (Å²) in [6, 6.07) is 0. The van der Waals surface area contributed by atoms with Gasteiger partial charge in [0, 0.05) is 0 Å². The third-order valence-electron chi connectivity index (χ3n) is 0.716. The minimum atomic E-state index is -0.863. The molecule has 0 rings (SSSR count). The summed E-state index contributed by atoms with van der Waals surface area (Å²) in [4.78, 5) is 20.7. The molecule has 0 saturated carbocycles. The molecule has 1 amide bonds. The van der Waals surface area contributed by atoms with Crippen LogP contribution in [-0.2, 0) is 9.59 Å². The van der Waals surface area contributed by atoms with Crippen LogP contribution >= 0.6 is 11.6 Å². The van der Waals surface area contributed by atoms with Crippen molar-refractivity contribution in [3.8, 4) is 0 Å². The second-order valence-corrected chi connectivity index (χ2v) is 2.11. The first-order valence-corrected chi connectivity index (χ1v) is 2.72. The van der Waals surface area contributed by atoms with Crippen molar-refractivity contribution < 1.29 is 9.59 Å². The zero-order valence-corrected chi connectivity index (χ0v) is 5.61. The maximum atomic E-state index is 10.4. The van der Waals surface area contributed by atoms with Gasteiger partial charge in [0.25, 0.3) is 0 Å². The highest BCUT2D eigenvalue weighted by Crippen LogP contribution is 1.93. The normalized spacial score (nSPS) is 12.3. The molecule has 0 saturated heterocycles. The molecule has 1 unspecified atom stereocenters. The van der Waals surface area contributed by atoms with Crippen LogP contribution < -0.4 is 11.3 Å². The number of carbonyl (C=O) groups is 2. The van der Waals surface area contributed by atoms with E-state index < -0.39 is 17.1 Å². The number of hydrogen-bond donors (Lipinski definition) is 2. The van der Waals surface area contributed by atoms with Gasteiger partial charge in [-0.3, -0.25) is 15.0 Å². The average Bonchev–Trinajstić information content (AvgIpc) is 1.84. The van der Waals surface area contributed by atoms with Crippen molar-refractivity contribution in [3.05, 3.63) is 0 Å². The molecular weight excluding hydrogens is 144 g/mol. The highest BCUT2D eigenvalue weighted by Gasteiger charge is 2.16. The summed E-state index contributed by atoms with van der Waals surface area (Å²) in [5, 5.41) is -0.812. The number of hydrogen-bond acceptors (Lipinski definition) is 3. The summed E-state index contributed by atoms with van der Waals surface area (Å²) in [7, 11) is 0. The summed E-state index contributed by atoms with van der Waals surface area (Å²) in [6.07, 6.45) is 0. The first kappa shape index (κ1) is 8.39. The second kappa shape index (κ2) is 3.42. The summed E-state index contributed by atoms with van der Waals surface area (Å²) in [5.74, 6) is 3.05. The number of hydrazine groups is 1. The fourth-order valence-electron chi connectivity index (χ4n) is 0.252. The van der Waals surface area contributed by atoms with Gasteiger partial charge in [0.05, 0.1) is 5.38 Å². The van der Waals surface area contributed by atoms with Crippen LogP contribution in [0, 0.1) is 0 Å². The minimum Gasteiger partial charge on any atom is -0.288 e. The lowest BCUT2D eigenvalue weighted by Crippen LogP contribution is -2.39. The highest BCUT2D eigenvalue weighted by atomic mass is 35.5. The van der Waals surface area contributed by atoms with Crippen LogP contribution in [0.2, 0.25) is 0 Å². The topological polar surface area (TPSA) is 72.2 Å². The van der Waals surface area contributed by atoms with Gasteiger partial charge >= 0.3 is 5.91 Å². The molecule has 0 aromatic heterocycles. The standard InChI is InChI=1S/C4H7ClN2O2/c1-2(5)3(8)4(9)7-6/h2H,6H2,1H3,(H,7,9). The van der Waals surface area contributed by atoms with Gasteiger partial charge in [0.2, 0.25) is 5.78 Å². The Balaban J connectivity index is 3.89. The Kier molecular flexibility index (Phi) is 3.19. The quantitative estimate of drug-likeness (QED) is 0.178. The number of nitrogens with one attached hydrogen (secondary N) is 1. The van der Waals surface area contributed by atoms with Crippen LogP contribution in [0.4, 0.5) is 0 Å². The largest absolute Gasteiger partial charge is 0.302 e. The van der Waals surface area contributed by atoms with E-state index in [9.17, 15) is 9.59 Å². The van der Waals surface area contributed by atoms with Crippen molar-refractivity contribution >= 4 is 23.3 Å². The second-order valence-electron chi connectivity index (χ2n) is 1.45. The molecule has 0 fully saturated rings. The van der Waals surface area contributed by atoms with Crippen LogP contribution in [0.15, 0.2) is 0 Å². The third-order valence-corrected chi connectivity index (χ3v) is 0.914. The van der Waals surface area contributed by atoms with Crippen molar-refractivity contribution in [1.82, 2.24) is 5.43 Å². The molecule has 5 heteroatoms. The van der Waals surface area contributed by atoms with Gasteiger partial charge in [0.1, 0.15) is 0 Å². The zero-order chi connectivity index (χ0) is 7.44. The number of ketones is 1. The lowest BCUT2D eigenvalue weighted by atomic mass is 10.3. The van der Waals surface area contributed by atoms with E-state index in [1.807, 2.05) is 0 Å². The summed E-state index contributed by atoms with van der Waals surface area (Å²) in [5.41, 5.74) is 1.67. The van der Waals surface area contributed by atoms with Crippen LogP contribution in [-0.4, -0.2) is 17.1 Å². The zero-order valence-electron chi connectivity index (χ0n) is 4.85. The number of halogens is 1. The average molecular weight is 151 g/mol. The lowest BCUT2D eigenvalue weighted by molar-refractivity contribution is -0.137. The third kappa shape index (κ3) is 2.43. The Hall–Kier alpha value is -0.610. The Morgan fingerprint density at radius 3 is 2.22 bits per heavy atom. The van der Waals surface area contributed by atoms with Crippen molar-refractivity contribution in [2.75, 3.05) is 0 Å². The van der Waals surface area contributed by atoms with Gasteiger partial charge in [-0.25, -0.2) is 5.84 Å². The van der Waals surface area contributed by atoms with Crippen LogP contribution in [0.25, 0.3) is 0 Å². The molecule has 52 valence electrons. The first-order valence-electron chi connectivity index (χ1n) is 2.28. The summed E-state index contributed by atoms with van der Waals surface area (Å²) >= 11 is 5.24. The van der Waals surface area contributed by atoms with E-state index >= 15 is 0 Å². The molecule has 0 aromatic rings. The molecule has 0 spiro atoms. The first-order chi connectivity index (χ1) is 4.09. The Bertz CT molecular complexity index is 135. The predicted molar refractivity (Wildman–Crippen MR) is 32.7 cm³/mol. The Morgan fingerprint density at radius 1 is 1.67 bits per heavy atom. The molecule has 9 heavy (non-hydrogen) atoms. The summed E-state index contributed by atoms with van der Waals surface area (Å²) in [6.45, 7) is 1.40. The molecule has 1 atom stereocenters. The van der Waals surface area contributed by atoms with Crippen LogP contribution in [0.5, 0.6) is 0 Å². The molecule has 0 radical (unpaired) electrons. The van der Waals surface area contributed by atoms with Crippen molar-refractivity contribution in [2.24, 2.45) is 5.84 Å². The number of Topliss-reactive ketones (excluding diaryl/α,β-unsaturated/α-hetero) is 1. The maximum Gasteiger partial charge on any atom is 0.302 e. The Morgan fingerprint density at radius 2 is 2.11 bits per heavy atom. The van der Waals surface area contributed by atoms with Crippen LogP contribution in [0.3, 0.4) is 0 Å². The lowest BCUT2D eigenvalue weighted by Gasteiger charge is -1.97. The minimum absolute atomic E-state index is 0.723.